The van der Waals surface area contributed by atoms with Crippen LogP contribution in [0.2, 0.25) is 0 Å². The summed E-state index contributed by atoms with van der Waals surface area (Å²) < 4.78 is 6.13. The zero-order chi connectivity index (χ0) is 16.3. The summed E-state index contributed by atoms with van der Waals surface area (Å²) >= 11 is 0. The minimum Gasteiger partial charge on any atom is -0.489 e. The number of ether oxygens (including phenoxy) is 1. The van der Waals surface area contributed by atoms with Crippen LogP contribution in [0.4, 0.5) is 0 Å². The number of allylic oxidation sites excluding steroid dienone is 1. The van der Waals surface area contributed by atoms with E-state index >= 15 is 0 Å². The van der Waals surface area contributed by atoms with E-state index < -0.39 is 0 Å². The SMILES string of the molecule is C=CCC(CNC)C1(C)c2ccccc2COc2ccccc21. The molecule has 120 valence electrons. The summed E-state index contributed by atoms with van der Waals surface area (Å²) in [5.41, 5.74) is 3.80. The zero-order valence-corrected chi connectivity index (χ0v) is 14.0. The average Bonchev–Trinajstić information content (AvgIpc) is 2.71. The molecule has 1 N–H and O–H groups in total. The Hall–Kier alpha value is -2.06. The van der Waals surface area contributed by atoms with E-state index in [1.807, 2.05) is 13.1 Å². The van der Waals surface area contributed by atoms with Gasteiger partial charge in [-0.3, -0.25) is 0 Å². The number of para-hydroxylation sites is 1. The van der Waals surface area contributed by atoms with Gasteiger partial charge in [-0.15, -0.1) is 6.58 Å². The molecule has 0 aliphatic carbocycles. The molecule has 0 saturated carbocycles. The lowest BCUT2D eigenvalue weighted by Crippen LogP contribution is -2.39. The van der Waals surface area contributed by atoms with Gasteiger partial charge in [-0.05, 0) is 43.1 Å². The molecule has 0 bridgehead atoms. The Balaban J connectivity index is 2.25. The van der Waals surface area contributed by atoms with Crippen molar-refractivity contribution < 1.29 is 4.74 Å². The third kappa shape index (κ3) is 2.68. The molecular weight excluding hydrogens is 282 g/mol. The van der Waals surface area contributed by atoms with Crippen LogP contribution in [0.1, 0.15) is 30.0 Å². The molecule has 0 fully saturated rings. The lowest BCUT2D eigenvalue weighted by atomic mass is 9.65. The number of fused-ring (bicyclic) bond motifs is 2. The van der Waals surface area contributed by atoms with Crippen LogP contribution in [0.3, 0.4) is 0 Å². The fourth-order valence-corrected chi connectivity index (χ4v) is 3.89. The van der Waals surface area contributed by atoms with Crippen LogP contribution in [0.15, 0.2) is 61.2 Å². The lowest BCUT2D eigenvalue weighted by Gasteiger charge is -2.39. The maximum Gasteiger partial charge on any atom is 0.123 e. The van der Waals surface area contributed by atoms with Gasteiger partial charge >= 0.3 is 0 Å². The highest BCUT2D eigenvalue weighted by atomic mass is 16.5. The molecule has 1 aliphatic rings. The molecule has 2 unspecified atom stereocenters. The van der Waals surface area contributed by atoms with E-state index in [9.17, 15) is 0 Å². The molecule has 2 aromatic rings. The van der Waals surface area contributed by atoms with Gasteiger partial charge in [-0.1, -0.05) is 55.5 Å². The monoisotopic (exact) mass is 307 g/mol. The average molecular weight is 307 g/mol. The van der Waals surface area contributed by atoms with Crippen LogP contribution in [0, 0.1) is 5.92 Å². The second-order valence-electron chi connectivity index (χ2n) is 6.42. The first kappa shape index (κ1) is 15.8. The van der Waals surface area contributed by atoms with Crippen LogP contribution < -0.4 is 10.1 Å². The van der Waals surface area contributed by atoms with Crippen molar-refractivity contribution >= 4 is 0 Å². The van der Waals surface area contributed by atoms with E-state index in [-0.39, 0.29) is 5.41 Å². The number of nitrogens with one attached hydrogen (secondary N) is 1. The molecule has 1 heterocycles. The Morgan fingerprint density at radius 1 is 1.17 bits per heavy atom. The highest BCUT2D eigenvalue weighted by molar-refractivity contribution is 5.51. The van der Waals surface area contributed by atoms with Gasteiger partial charge < -0.3 is 10.1 Å². The molecule has 0 spiro atoms. The number of hydrogen-bond acceptors (Lipinski definition) is 2. The summed E-state index contributed by atoms with van der Waals surface area (Å²) in [4.78, 5) is 0. The quantitative estimate of drug-likeness (QED) is 0.832. The largest absolute Gasteiger partial charge is 0.489 e. The summed E-state index contributed by atoms with van der Waals surface area (Å²) in [6.07, 6.45) is 2.99. The summed E-state index contributed by atoms with van der Waals surface area (Å²) in [7, 11) is 2.02. The van der Waals surface area contributed by atoms with E-state index in [0.29, 0.717) is 12.5 Å². The van der Waals surface area contributed by atoms with Crippen LogP contribution in [0.25, 0.3) is 0 Å². The second-order valence-corrected chi connectivity index (χ2v) is 6.42. The normalized spacial score (nSPS) is 20.6. The minimum atomic E-state index is -0.110. The maximum atomic E-state index is 6.13. The first-order chi connectivity index (χ1) is 11.2. The van der Waals surface area contributed by atoms with Gasteiger partial charge in [0.15, 0.2) is 0 Å². The van der Waals surface area contributed by atoms with E-state index in [1.165, 1.54) is 16.7 Å². The van der Waals surface area contributed by atoms with E-state index in [2.05, 4.69) is 67.4 Å². The van der Waals surface area contributed by atoms with Crippen molar-refractivity contribution in [3.05, 3.63) is 77.9 Å². The topological polar surface area (TPSA) is 21.3 Å². The lowest BCUT2D eigenvalue weighted by molar-refractivity contribution is 0.301. The minimum absolute atomic E-state index is 0.110. The van der Waals surface area contributed by atoms with Gasteiger partial charge in [0.25, 0.3) is 0 Å². The van der Waals surface area contributed by atoms with Crippen molar-refractivity contribution in [1.29, 1.82) is 0 Å². The summed E-state index contributed by atoms with van der Waals surface area (Å²) in [6.45, 7) is 7.90. The molecule has 2 aromatic carbocycles. The van der Waals surface area contributed by atoms with Gasteiger partial charge in [0.1, 0.15) is 12.4 Å². The highest BCUT2D eigenvalue weighted by Gasteiger charge is 2.41. The molecule has 23 heavy (non-hydrogen) atoms. The summed E-state index contributed by atoms with van der Waals surface area (Å²) in [5.74, 6) is 1.41. The van der Waals surface area contributed by atoms with Crippen molar-refractivity contribution in [2.75, 3.05) is 13.6 Å². The van der Waals surface area contributed by atoms with Gasteiger partial charge in [0.2, 0.25) is 0 Å². The Morgan fingerprint density at radius 2 is 1.87 bits per heavy atom. The summed E-state index contributed by atoms with van der Waals surface area (Å²) in [6, 6.07) is 17.1. The molecule has 2 heteroatoms. The highest BCUT2D eigenvalue weighted by Crippen LogP contribution is 2.47. The van der Waals surface area contributed by atoms with Gasteiger partial charge in [-0.25, -0.2) is 0 Å². The van der Waals surface area contributed by atoms with Crippen molar-refractivity contribution in [3.63, 3.8) is 0 Å². The Bertz CT molecular complexity index is 644. The van der Waals surface area contributed by atoms with Crippen molar-refractivity contribution in [1.82, 2.24) is 5.32 Å². The van der Waals surface area contributed by atoms with E-state index in [4.69, 9.17) is 4.74 Å². The third-order valence-corrected chi connectivity index (χ3v) is 5.12. The Kier molecular flexibility index (Phi) is 4.53. The molecule has 3 rings (SSSR count). The number of benzene rings is 2. The van der Waals surface area contributed by atoms with Crippen molar-refractivity contribution in [3.8, 4) is 5.75 Å². The number of hydrogen-bond donors (Lipinski definition) is 1. The molecular formula is C21H25NO. The smallest absolute Gasteiger partial charge is 0.123 e. The molecule has 2 atom stereocenters. The van der Waals surface area contributed by atoms with Crippen LogP contribution >= 0.6 is 0 Å². The molecule has 0 aromatic heterocycles. The van der Waals surface area contributed by atoms with Crippen molar-refractivity contribution in [2.24, 2.45) is 5.92 Å². The van der Waals surface area contributed by atoms with Crippen LogP contribution in [0.5, 0.6) is 5.75 Å². The first-order valence-electron chi connectivity index (χ1n) is 8.28. The third-order valence-electron chi connectivity index (χ3n) is 5.12. The second kappa shape index (κ2) is 6.59. The molecule has 0 saturated heterocycles. The van der Waals surface area contributed by atoms with Crippen molar-refractivity contribution in [2.45, 2.75) is 25.4 Å². The predicted molar refractivity (Wildman–Crippen MR) is 95.9 cm³/mol. The maximum absolute atomic E-state index is 6.13. The van der Waals surface area contributed by atoms with Crippen LogP contribution in [-0.2, 0) is 12.0 Å². The zero-order valence-electron chi connectivity index (χ0n) is 14.0. The fraction of sp³-hybridized carbons (Fsp3) is 0.333. The van der Waals surface area contributed by atoms with Gasteiger partial charge in [-0.2, -0.15) is 0 Å². The fourth-order valence-electron chi connectivity index (χ4n) is 3.89. The number of rotatable bonds is 5. The Labute approximate surface area is 139 Å². The summed E-state index contributed by atoms with van der Waals surface area (Å²) in [5, 5.41) is 3.37. The standard InChI is InChI=1S/C21H25NO/c1-4-9-17(14-22-3)21(2)18-11-6-5-10-16(18)15-23-20-13-8-7-12-19(20)21/h4-8,10-13,17,22H,1,9,14-15H2,2-3H3. The van der Waals surface area contributed by atoms with E-state index in [0.717, 1.165) is 18.7 Å². The van der Waals surface area contributed by atoms with Gasteiger partial charge in [0.05, 0.1) is 0 Å². The van der Waals surface area contributed by atoms with Gasteiger partial charge in [0, 0.05) is 11.0 Å². The molecule has 0 radical (unpaired) electrons. The van der Waals surface area contributed by atoms with Crippen LogP contribution in [-0.4, -0.2) is 13.6 Å². The molecule has 1 aliphatic heterocycles. The molecule has 2 nitrogen and oxygen atoms in total. The van der Waals surface area contributed by atoms with E-state index in [1.54, 1.807) is 0 Å². The first-order valence-corrected chi connectivity index (χ1v) is 8.28. The Morgan fingerprint density at radius 3 is 2.61 bits per heavy atom. The predicted octanol–water partition coefficient (Wildman–Crippen LogP) is 4.30. The molecule has 0 amide bonds.